The third kappa shape index (κ3) is 5.50. The lowest BCUT2D eigenvalue weighted by atomic mass is 10.1. The Morgan fingerprint density at radius 3 is 2.56 bits per heavy atom. The topological polar surface area (TPSA) is 87.1 Å². The van der Waals surface area contributed by atoms with Crippen LogP contribution in [0.4, 0.5) is 24.5 Å². The minimum atomic E-state index is -4.17. The second kappa shape index (κ2) is 10.7. The summed E-state index contributed by atoms with van der Waals surface area (Å²) in [5.41, 5.74) is 0.964. The minimum Gasteiger partial charge on any atom is -0.476 e. The number of ether oxygens (including phenoxy) is 1. The van der Waals surface area contributed by atoms with Crippen molar-refractivity contribution in [1.82, 2.24) is 4.31 Å². The normalized spacial score (nSPS) is 18.5. The lowest BCUT2D eigenvalue weighted by Crippen LogP contribution is -2.41. The molecule has 1 N–H and O–H groups in total. The predicted octanol–water partition coefficient (Wildman–Crippen LogP) is 4.87. The summed E-state index contributed by atoms with van der Waals surface area (Å²) in [4.78, 5) is 12.8. The van der Waals surface area contributed by atoms with E-state index in [9.17, 15) is 26.4 Å². The van der Waals surface area contributed by atoms with Crippen LogP contribution in [0.15, 0.2) is 64.3 Å². The molecule has 1 aliphatic rings. The van der Waals surface area contributed by atoms with E-state index < -0.39 is 40.7 Å². The molecular formula is C22H23F3N2O5S2. The Kier molecular flexibility index (Phi) is 8.16. The molecule has 0 aromatic heterocycles. The number of rotatable bonds is 8. The molecule has 0 saturated carbocycles. The van der Waals surface area contributed by atoms with Crippen LogP contribution < -0.4 is 9.64 Å². The number of hydrogen-bond acceptors (Lipinski definition) is 6. The summed E-state index contributed by atoms with van der Waals surface area (Å²) in [5, 5.41) is 8.72. The van der Waals surface area contributed by atoms with Crippen molar-refractivity contribution in [2.24, 2.45) is 0 Å². The van der Waals surface area contributed by atoms with Gasteiger partial charge in [-0.25, -0.2) is 22.0 Å². The van der Waals surface area contributed by atoms with Gasteiger partial charge >= 0.3 is 5.97 Å². The Morgan fingerprint density at radius 2 is 1.97 bits per heavy atom. The van der Waals surface area contributed by atoms with Crippen LogP contribution in [-0.2, 0) is 14.8 Å². The average Bonchev–Trinajstić information content (AvgIpc) is 2.89. The zero-order valence-corrected chi connectivity index (χ0v) is 20.0. The number of alkyl halides is 2. The number of nitrogens with zero attached hydrogens (tertiary/aromatic N) is 2. The third-order valence-electron chi connectivity index (χ3n) is 5.38. The summed E-state index contributed by atoms with van der Waals surface area (Å²) >= 11 is 1.19. The van der Waals surface area contributed by atoms with E-state index in [1.807, 2.05) is 0 Å². The van der Waals surface area contributed by atoms with Crippen LogP contribution >= 0.6 is 11.8 Å². The number of fused-ring (bicyclic) bond motifs is 1. The fourth-order valence-corrected chi connectivity index (χ4v) is 5.69. The van der Waals surface area contributed by atoms with Crippen LogP contribution in [0.3, 0.4) is 0 Å². The van der Waals surface area contributed by atoms with Crippen molar-refractivity contribution in [3.05, 3.63) is 54.6 Å². The number of para-hydroxylation sites is 1. The SMILES string of the molecule is CSc1cc2c(cc1O/C=C(\F)C(=O)O)S(=O)(=O)N(C)C(CCC(F)F)CN2c1ccccc1. The maximum atomic E-state index is 13.5. The van der Waals surface area contributed by atoms with E-state index in [2.05, 4.69) is 0 Å². The van der Waals surface area contributed by atoms with Gasteiger partial charge < -0.3 is 14.7 Å². The van der Waals surface area contributed by atoms with E-state index in [1.54, 1.807) is 47.6 Å². The number of sulfonamides is 1. The van der Waals surface area contributed by atoms with Crippen LogP contribution in [0.25, 0.3) is 0 Å². The molecule has 0 fully saturated rings. The van der Waals surface area contributed by atoms with Gasteiger partial charge in [0.1, 0.15) is 16.9 Å². The molecule has 1 aliphatic heterocycles. The molecule has 0 saturated heterocycles. The Labute approximate surface area is 199 Å². The summed E-state index contributed by atoms with van der Waals surface area (Å²) in [6, 6.07) is 10.9. The number of carboxylic acid groups (broad SMARTS) is 1. The average molecular weight is 517 g/mol. The summed E-state index contributed by atoms with van der Waals surface area (Å²) in [5.74, 6) is -3.44. The largest absolute Gasteiger partial charge is 0.476 e. The van der Waals surface area contributed by atoms with Gasteiger partial charge in [-0.1, -0.05) is 18.2 Å². The molecule has 34 heavy (non-hydrogen) atoms. The first-order valence-corrected chi connectivity index (χ1v) is 12.8. The number of benzene rings is 2. The Bertz CT molecular complexity index is 1180. The standard InChI is InChI=1S/C22H23F3N2O5S2/c1-26-15(8-9-21(24)25)12-27(14-6-4-3-5-7-14)17-10-19(33-2)18(11-20(17)34(26,30)31)32-13-16(23)22(28)29/h3-7,10-11,13,15,21H,8-9,12H2,1-2H3,(H,28,29)/b16-13-. The highest BCUT2D eigenvalue weighted by molar-refractivity contribution is 7.98. The van der Waals surface area contributed by atoms with Crippen molar-refractivity contribution in [3.63, 3.8) is 0 Å². The monoisotopic (exact) mass is 516 g/mol. The van der Waals surface area contributed by atoms with Gasteiger partial charge in [-0.05, 0) is 30.9 Å². The highest BCUT2D eigenvalue weighted by Gasteiger charge is 2.38. The van der Waals surface area contributed by atoms with Gasteiger partial charge in [0.2, 0.25) is 22.3 Å². The van der Waals surface area contributed by atoms with Crippen molar-refractivity contribution in [1.29, 1.82) is 0 Å². The molecule has 1 atom stereocenters. The van der Waals surface area contributed by atoms with Crippen LogP contribution in [0, 0.1) is 0 Å². The van der Waals surface area contributed by atoms with Crippen LogP contribution in [0.5, 0.6) is 5.75 Å². The third-order valence-corrected chi connectivity index (χ3v) is 8.08. The Hall–Kier alpha value is -2.70. The lowest BCUT2D eigenvalue weighted by Gasteiger charge is -2.29. The van der Waals surface area contributed by atoms with Crippen LogP contribution in [0.1, 0.15) is 12.8 Å². The molecule has 1 unspecified atom stereocenters. The molecule has 0 spiro atoms. The molecule has 2 aromatic carbocycles. The molecule has 184 valence electrons. The van der Waals surface area contributed by atoms with Crippen molar-refractivity contribution in [3.8, 4) is 5.75 Å². The lowest BCUT2D eigenvalue weighted by molar-refractivity contribution is -0.134. The number of aliphatic carboxylic acids is 1. The second-order valence-corrected chi connectivity index (χ2v) is 10.3. The van der Waals surface area contributed by atoms with Gasteiger partial charge in [-0.3, -0.25) is 0 Å². The maximum Gasteiger partial charge on any atom is 0.368 e. The fraction of sp³-hybridized carbons (Fsp3) is 0.318. The van der Waals surface area contributed by atoms with Crippen molar-refractivity contribution in [2.75, 3.05) is 24.7 Å². The number of halogens is 3. The van der Waals surface area contributed by atoms with Gasteiger partial charge in [0, 0.05) is 37.8 Å². The predicted molar refractivity (Wildman–Crippen MR) is 123 cm³/mol. The maximum absolute atomic E-state index is 13.5. The first-order valence-electron chi connectivity index (χ1n) is 10.1. The second-order valence-electron chi connectivity index (χ2n) is 7.45. The molecule has 2 aromatic rings. The molecule has 0 amide bonds. The molecule has 0 bridgehead atoms. The summed E-state index contributed by atoms with van der Waals surface area (Å²) in [6.45, 7) is 0.126. The van der Waals surface area contributed by atoms with Crippen molar-refractivity contribution in [2.45, 2.75) is 35.1 Å². The summed E-state index contributed by atoms with van der Waals surface area (Å²) in [6.07, 6.45) is -1.02. The zero-order valence-electron chi connectivity index (χ0n) is 18.3. The number of carbonyl (C=O) groups is 1. The van der Waals surface area contributed by atoms with Gasteiger partial charge in [0.15, 0.2) is 0 Å². The van der Waals surface area contributed by atoms with E-state index in [1.165, 1.54) is 24.9 Å². The first-order chi connectivity index (χ1) is 16.1. The zero-order chi connectivity index (χ0) is 25.0. The Morgan fingerprint density at radius 1 is 1.29 bits per heavy atom. The van der Waals surface area contributed by atoms with E-state index in [0.717, 1.165) is 4.31 Å². The number of anilines is 2. The van der Waals surface area contributed by atoms with Crippen molar-refractivity contribution >= 4 is 39.1 Å². The van der Waals surface area contributed by atoms with Gasteiger partial charge in [-0.15, -0.1) is 11.8 Å². The molecule has 12 heteroatoms. The highest BCUT2D eigenvalue weighted by atomic mass is 32.2. The molecular weight excluding hydrogens is 493 g/mol. The summed E-state index contributed by atoms with van der Waals surface area (Å²) in [7, 11) is -2.84. The minimum absolute atomic E-state index is 0.0568. The van der Waals surface area contributed by atoms with Crippen LogP contribution in [0.2, 0.25) is 0 Å². The fourth-order valence-electron chi connectivity index (χ4n) is 3.58. The van der Waals surface area contributed by atoms with Crippen molar-refractivity contribution < 1.29 is 36.2 Å². The molecule has 0 aliphatic carbocycles. The van der Waals surface area contributed by atoms with Gasteiger partial charge in [-0.2, -0.15) is 8.70 Å². The van der Waals surface area contributed by atoms with E-state index in [-0.39, 0.29) is 23.6 Å². The number of likely N-dealkylation sites (N-methyl/N-ethyl adjacent to an activating group) is 1. The molecule has 1 heterocycles. The number of carboxylic acids is 1. The number of hydrogen-bond donors (Lipinski definition) is 1. The van der Waals surface area contributed by atoms with E-state index >= 15 is 0 Å². The molecule has 7 nitrogen and oxygen atoms in total. The molecule has 3 rings (SSSR count). The highest BCUT2D eigenvalue weighted by Crippen LogP contribution is 2.43. The van der Waals surface area contributed by atoms with E-state index in [4.69, 9.17) is 9.84 Å². The smallest absolute Gasteiger partial charge is 0.368 e. The first kappa shape index (κ1) is 25.9. The quantitative estimate of drug-likeness (QED) is 0.304. The van der Waals surface area contributed by atoms with Crippen LogP contribution in [-0.4, -0.2) is 56.1 Å². The van der Waals surface area contributed by atoms with Gasteiger partial charge in [0.05, 0.1) is 10.6 Å². The van der Waals surface area contributed by atoms with Gasteiger partial charge in [0.25, 0.3) is 0 Å². The number of thioether (sulfide) groups is 1. The van der Waals surface area contributed by atoms with E-state index in [0.29, 0.717) is 22.5 Å². The summed E-state index contributed by atoms with van der Waals surface area (Å²) < 4.78 is 72.7. The Balaban J connectivity index is 2.20. The molecule has 0 radical (unpaired) electrons.